The van der Waals surface area contributed by atoms with E-state index in [4.69, 9.17) is 4.74 Å². The fraction of sp³-hybridized carbons (Fsp3) is 0.120. The van der Waals surface area contributed by atoms with Crippen LogP contribution < -0.4 is 4.74 Å². The average Bonchev–Trinajstić information content (AvgIpc) is 3.28. The van der Waals surface area contributed by atoms with Crippen LogP contribution in [0.2, 0.25) is 0 Å². The summed E-state index contributed by atoms with van der Waals surface area (Å²) < 4.78 is 89.5. The lowest BCUT2D eigenvalue weighted by atomic mass is 9.62. The molecule has 0 aromatic heterocycles. The predicted octanol–water partition coefficient (Wildman–Crippen LogP) is 4.95. The zero-order chi connectivity index (χ0) is 26.5. The van der Waals surface area contributed by atoms with Crippen LogP contribution in [-0.4, -0.2) is 36.0 Å². The smallest absolute Gasteiger partial charge is 0.454 e. The predicted molar refractivity (Wildman–Crippen MR) is 110 cm³/mol. The molecule has 0 N–H and O–H groups in total. The van der Waals surface area contributed by atoms with Crippen LogP contribution in [-0.2, 0) is 14.9 Å². The Hall–Kier alpha value is -4.61. The van der Waals surface area contributed by atoms with Crippen molar-refractivity contribution in [2.75, 3.05) is 0 Å². The number of hydrogen-bond acceptors (Lipinski definition) is 7. The van der Waals surface area contributed by atoms with Gasteiger partial charge >= 0.3 is 36.0 Å². The van der Waals surface area contributed by atoms with Gasteiger partial charge in [-0.05, 0) is 29.8 Å². The molecule has 3 aliphatic heterocycles. The van der Waals surface area contributed by atoms with Crippen molar-refractivity contribution in [2.24, 2.45) is 0 Å². The van der Waals surface area contributed by atoms with Gasteiger partial charge in [-0.3, -0.25) is 0 Å². The number of fused-ring (bicyclic) bond motifs is 4. The molecule has 0 saturated heterocycles. The van der Waals surface area contributed by atoms with Gasteiger partial charge in [0, 0.05) is 11.1 Å². The number of alkyl halides is 5. The standard InChI is InChI=1S/C25H9F5O7/c26-24(27,25(28,29)30)23(10-4-2-1-3-5-10)15-6-11-13(21(33)36-19(11)31)8-17(15)35-18-9-14-12(7-16(18)23)20(32)37-22(14)34/h1-9H. The summed E-state index contributed by atoms with van der Waals surface area (Å²) in [4.78, 5) is 48.7. The Morgan fingerprint density at radius 1 is 0.568 bits per heavy atom. The second kappa shape index (κ2) is 6.99. The number of benzene rings is 3. The Morgan fingerprint density at radius 2 is 0.973 bits per heavy atom. The molecule has 0 radical (unpaired) electrons. The molecule has 3 aliphatic rings. The fourth-order valence-electron chi connectivity index (χ4n) is 4.97. The van der Waals surface area contributed by atoms with E-state index in [-0.39, 0.29) is 0 Å². The number of cyclic esters (lactones) is 4. The molecular formula is C25H9F5O7. The van der Waals surface area contributed by atoms with E-state index in [9.17, 15) is 32.3 Å². The summed E-state index contributed by atoms with van der Waals surface area (Å²) in [6.07, 6.45) is -6.17. The van der Waals surface area contributed by atoms with Gasteiger partial charge in [0.15, 0.2) is 0 Å². The lowest BCUT2D eigenvalue weighted by Crippen LogP contribution is -2.57. The van der Waals surface area contributed by atoms with Crippen molar-refractivity contribution >= 4 is 23.9 Å². The molecule has 3 aromatic rings. The van der Waals surface area contributed by atoms with Crippen LogP contribution in [0.5, 0.6) is 11.5 Å². The maximum absolute atomic E-state index is 16.0. The summed E-state index contributed by atoms with van der Waals surface area (Å²) in [7, 11) is 0. The maximum atomic E-state index is 16.0. The van der Waals surface area contributed by atoms with Crippen LogP contribution >= 0.6 is 0 Å². The fourth-order valence-corrected chi connectivity index (χ4v) is 4.97. The molecule has 0 amide bonds. The van der Waals surface area contributed by atoms with Gasteiger partial charge in [-0.1, -0.05) is 30.3 Å². The summed E-state index contributed by atoms with van der Waals surface area (Å²) in [5.74, 6) is -11.6. The molecule has 0 aliphatic carbocycles. The molecule has 0 atom stereocenters. The van der Waals surface area contributed by atoms with Crippen LogP contribution in [0.1, 0.15) is 58.1 Å². The van der Waals surface area contributed by atoms with Crippen molar-refractivity contribution < 1.29 is 55.3 Å². The molecule has 0 unspecified atom stereocenters. The number of carbonyl (C=O) groups excluding carboxylic acids is 4. The molecule has 186 valence electrons. The van der Waals surface area contributed by atoms with Crippen molar-refractivity contribution in [3.8, 4) is 11.5 Å². The highest BCUT2D eigenvalue weighted by Crippen LogP contribution is 2.63. The Balaban J connectivity index is 1.82. The van der Waals surface area contributed by atoms with Crippen LogP contribution in [0.15, 0.2) is 54.6 Å². The third kappa shape index (κ3) is 2.74. The highest BCUT2D eigenvalue weighted by Gasteiger charge is 2.74. The first-order valence-electron chi connectivity index (χ1n) is 10.5. The average molecular weight is 516 g/mol. The zero-order valence-electron chi connectivity index (χ0n) is 17.9. The Bertz CT molecular complexity index is 1510. The molecular weight excluding hydrogens is 507 g/mol. The van der Waals surface area contributed by atoms with Gasteiger partial charge < -0.3 is 14.2 Å². The van der Waals surface area contributed by atoms with Crippen LogP contribution in [0.3, 0.4) is 0 Å². The minimum atomic E-state index is -6.17. The zero-order valence-corrected chi connectivity index (χ0v) is 17.9. The molecule has 3 heterocycles. The van der Waals surface area contributed by atoms with E-state index in [1.807, 2.05) is 0 Å². The van der Waals surface area contributed by atoms with Gasteiger partial charge in [0.2, 0.25) is 0 Å². The minimum absolute atomic E-state index is 0.403. The summed E-state index contributed by atoms with van der Waals surface area (Å²) >= 11 is 0. The highest BCUT2D eigenvalue weighted by atomic mass is 19.4. The van der Waals surface area contributed by atoms with Gasteiger partial charge in [-0.2, -0.15) is 22.0 Å². The van der Waals surface area contributed by atoms with Gasteiger partial charge in [-0.15, -0.1) is 0 Å². The van der Waals surface area contributed by atoms with Crippen LogP contribution in [0, 0.1) is 0 Å². The molecule has 6 rings (SSSR count). The molecule has 12 heteroatoms. The molecule has 0 saturated carbocycles. The van der Waals surface area contributed by atoms with E-state index in [1.165, 1.54) is 18.2 Å². The Morgan fingerprint density at radius 3 is 1.38 bits per heavy atom. The van der Waals surface area contributed by atoms with Crippen LogP contribution in [0.4, 0.5) is 22.0 Å². The Kier molecular flexibility index (Phi) is 4.31. The molecule has 0 spiro atoms. The van der Waals surface area contributed by atoms with Gasteiger partial charge in [0.1, 0.15) is 16.9 Å². The monoisotopic (exact) mass is 516 g/mol. The van der Waals surface area contributed by atoms with E-state index in [2.05, 4.69) is 9.47 Å². The Labute approximate surface area is 202 Å². The molecule has 7 nitrogen and oxygen atoms in total. The summed E-state index contributed by atoms with van der Waals surface area (Å²) in [6.45, 7) is 0. The van der Waals surface area contributed by atoms with E-state index in [1.54, 1.807) is 0 Å². The van der Waals surface area contributed by atoms with E-state index in [0.29, 0.717) is 12.1 Å². The first-order chi connectivity index (χ1) is 17.4. The van der Waals surface area contributed by atoms with Crippen molar-refractivity contribution in [3.63, 3.8) is 0 Å². The van der Waals surface area contributed by atoms with Gasteiger partial charge in [-0.25, -0.2) is 19.2 Å². The van der Waals surface area contributed by atoms with E-state index < -0.39 is 91.8 Å². The lowest BCUT2D eigenvalue weighted by Gasteiger charge is -2.46. The van der Waals surface area contributed by atoms with Crippen LogP contribution in [0.25, 0.3) is 0 Å². The molecule has 37 heavy (non-hydrogen) atoms. The molecule has 0 fully saturated rings. The van der Waals surface area contributed by atoms with Gasteiger partial charge in [0.05, 0.1) is 22.3 Å². The second-order valence-corrected chi connectivity index (χ2v) is 8.43. The molecule has 0 bridgehead atoms. The highest BCUT2D eigenvalue weighted by molar-refractivity contribution is 6.16. The number of ether oxygens (including phenoxy) is 3. The summed E-state index contributed by atoms with van der Waals surface area (Å²) in [5.41, 5.74) is -7.50. The number of hydrogen-bond donors (Lipinski definition) is 0. The second-order valence-electron chi connectivity index (χ2n) is 8.43. The van der Waals surface area contributed by atoms with Crippen molar-refractivity contribution in [1.29, 1.82) is 0 Å². The number of carbonyl (C=O) groups is 4. The summed E-state index contributed by atoms with van der Waals surface area (Å²) in [6, 6.07) is 8.96. The lowest BCUT2D eigenvalue weighted by molar-refractivity contribution is -0.299. The topological polar surface area (TPSA) is 96.0 Å². The normalized spacial score (nSPS) is 17.3. The third-order valence-electron chi connectivity index (χ3n) is 6.55. The SMILES string of the molecule is O=C1OC(=O)c2cc3c(cc21)Oc1cc2c(cc1C3(c1ccccc1)C(F)(F)C(F)(F)F)C(=O)OC2=O. The molecule has 3 aromatic carbocycles. The number of halogens is 5. The minimum Gasteiger partial charge on any atom is -0.457 e. The van der Waals surface area contributed by atoms with Gasteiger partial charge in [0.25, 0.3) is 0 Å². The van der Waals surface area contributed by atoms with Crippen molar-refractivity contribution in [1.82, 2.24) is 0 Å². The number of esters is 4. The van der Waals surface area contributed by atoms with E-state index in [0.717, 1.165) is 24.3 Å². The van der Waals surface area contributed by atoms with Crippen molar-refractivity contribution in [3.05, 3.63) is 93.5 Å². The van der Waals surface area contributed by atoms with E-state index >= 15 is 8.78 Å². The van der Waals surface area contributed by atoms with Crippen molar-refractivity contribution in [2.45, 2.75) is 17.5 Å². The quantitative estimate of drug-likeness (QED) is 0.270. The largest absolute Gasteiger partial charge is 0.457 e. The number of rotatable bonds is 2. The first-order valence-corrected chi connectivity index (χ1v) is 10.5. The first kappa shape index (κ1) is 22.8. The third-order valence-corrected chi connectivity index (χ3v) is 6.55. The maximum Gasteiger partial charge on any atom is 0.454 e. The summed E-state index contributed by atoms with van der Waals surface area (Å²) in [5, 5.41) is 0.